The lowest BCUT2D eigenvalue weighted by molar-refractivity contribution is 0.151. The number of hydrogen-bond acceptors (Lipinski definition) is 5. The molecule has 1 N–H and O–H groups in total. The van der Waals surface area contributed by atoms with Crippen LogP contribution in [0, 0.1) is 6.92 Å². The minimum atomic E-state index is -2.76. The standard InChI is InChI=1S/C20H20ClF2N3O3/c1-11-6-14-16(25(2)12-7-15(19(22)23)18(21)24-10-12)8-13(29-5-4-27)9-17(14)26(3)20(11)28/h6-10,19,27H,4-5H2,1-3H3. The van der Waals surface area contributed by atoms with Crippen LogP contribution >= 0.6 is 11.6 Å². The number of rotatable bonds is 6. The van der Waals surface area contributed by atoms with E-state index in [2.05, 4.69) is 4.98 Å². The Hall–Kier alpha value is -2.71. The average Bonchev–Trinajstić information content (AvgIpc) is 2.70. The maximum Gasteiger partial charge on any atom is 0.266 e. The Balaban J connectivity index is 2.24. The molecule has 0 bridgehead atoms. The van der Waals surface area contributed by atoms with Crippen molar-refractivity contribution in [3.05, 3.63) is 57.1 Å². The predicted molar refractivity (Wildman–Crippen MR) is 109 cm³/mol. The van der Waals surface area contributed by atoms with Gasteiger partial charge in [-0.05, 0) is 19.1 Å². The quantitative estimate of drug-likeness (QED) is 0.607. The maximum atomic E-state index is 13.3. The average molecular weight is 424 g/mol. The van der Waals surface area contributed by atoms with E-state index >= 15 is 0 Å². The molecular formula is C20H20ClF2N3O3. The fraction of sp³-hybridized carbons (Fsp3) is 0.300. The molecule has 9 heteroatoms. The van der Waals surface area contributed by atoms with Gasteiger partial charge in [-0.3, -0.25) is 4.79 Å². The number of alkyl halides is 2. The summed E-state index contributed by atoms with van der Waals surface area (Å²) in [5, 5.41) is 9.54. The highest BCUT2D eigenvalue weighted by molar-refractivity contribution is 6.30. The molecule has 154 valence electrons. The third-order valence-corrected chi connectivity index (χ3v) is 4.99. The van der Waals surface area contributed by atoms with E-state index in [0.717, 1.165) is 5.39 Å². The molecule has 2 heterocycles. The number of aliphatic hydroxyl groups is 1. The largest absolute Gasteiger partial charge is 0.491 e. The number of nitrogens with zero attached hydrogens (tertiary/aromatic N) is 3. The summed E-state index contributed by atoms with van der Waals surface area (Å²) in [6.07, 6.45) is -1.36. The van der Waals surface area contributed by atoms with Crippen molar-refractivity contribution in [3.63, 3.8) is 0 Å². The van der Waals surface area contributed by atoms with Crippen LogP contribution in [0.15, 0.2) is 35.3 Å². The summed E-state index contributed by atoms with van der Waals surface area (Å²) in [5.74, 6) is 0.434. The molecule has 3 rings (SSSR count). The molecule has 0 saturated heterocycles. The lowest BCUT2D eigenvalue weighted by atomic mass is 10.1. The lowest BCUT2D eigenvalue weighted by Gasteiger charge is -2.24. The van der Waals surface area contributed by atoms with Crippen molar-refractivity contribution in [2.45, 2.75) is 13.3 Å². The molecule has 0 aliphatic rings. The first-order valence-corrected chi connectivity index (χ1v) is 9.17. The van der Waals surface area contributed by atoms with Gasteiger partial charge in [0, 0.05) is 37.2 Å². The van der Waals surface area contributed by atoms with E-state index in [1.54, 1.807) is 44.1 Å². The van der Waals surface area contributed by atoms with Crippen LogP contribution in [-0.4, -0.2) is 34.9 Å². The van der Waals surface area contributed by atoms with Gasteiger partial charge in [-0.25, -0.2) is 13.8 Å². The van der Waals surface area contributed by atoms with Gasteiger partial charge in [-0.2, -0.15) is 0 Å². The zero-order valence-electron chi connectivity index (χ0n) is 16.1. The van der Waals surface area contributed by atoms with Gasteiger partial charge in [0.25, 0.3) is 12.0 Å². The van der Waals surface area contributed by atoms with Gasteiger partial charge < -0.3 is 19.3 Å². The van der Waals surface area contributed by atoms with Crippen LogP contribution in [0.2, 0.25) is 5.15 Å². The SMILES string of the molecule is Cc1cc2c(N(C)c3cnc(Cl)c(C(F)F)c3)cc(OCCO)cc2n(C)c1=O. The van der Waals surface area contributed by atoms with Crippen LogP contribution in [-0.2, 0) is 7.05 Å². The summed E-state index contributed by atoms with van der Waals surface area (Å²) < 4.78 is 33.6. The number of halogens is 3. The second-order valence-electron chi connectivity index (χ2n) is 6.57. The Morgan fingerprint density at radius 3 is 2.69 bits per heavy atom. The molecule has 0 atom stereocenters. The molecule has 1 aromatic carbocycles. The van der Waals surface area contributed by atoms with Gasteiger partial charge in [0.15, 0.2) is 0 Å². The molecule has 0 radical (unpaired) electrons. The van der Waals surface area contributed by atoms with Crippen LogP contribution < -0.4 is 15.2 Å². The Kier molecular flexibility index (Phi) is 6.04. The fourth-order valence-corrected chi connectivity index (χ4v) is 3.31. The zero-order valence-corrected chi connectivity index (χ0v) is 16.9. The maximum absolute atomic E-state index is 13.3. The molecule has 0 amide bonds. The van der Waals surface area contributed by atoms with Gasteiger partial charge in [-0.1, -0.05) is 11.6 Å². The topological polar surface area (TPSA) is 67.6 Å². The Bertz CT molecular complexity index is 1120. The number of fused-ring (bicyclic) bond motifs is 1. The predicted octanol–water partition coefficient (Wildman–Crippen LogP) is 3.97. The molecule has 3 aromatic rings. The summed E-state index contributed by atoms with van der Waals surface area (Å²) in [7, 11) is 3.35. The zero-order chi connectivity index (χ0) is 21.3. The number of ether oxygens (including phenoxy) is 1. The van der Waals surface area contributed by atoms with E-state index in [1.165, 1.54) is 16.8 Å². The first-order chi connectivity index (χ1) is 13.7. The molecule has 6 nitrogen and oxygen atoms in total. The monoisotopic (exact) mass is 423 g/mol. The molecule has 0 aliphatic carbocycles. The summed E-state index contributed by atoms with van der Waals surface area (Å²) in [4.78, 5) is 17.9. The number of benzene rings is 1. The van der Waals surface area contributed by atoms with Crippen molar-refractivity contribution in [2.75, 3.05) is 25.2 Å². The van der Waals surface area contributed by atoms with Gasteiger partial charge in [0.1, 0.15) is 17.5 Å². The van der Waals surface area contributed by atoms with Gasteiger partial charge in [0.2, 0.25) is 0 Å². The smallest absolute Gasteiger partial charge is 0.266 e. The first-order valence-electron chi connectivity index (χ1n) is 8.80. The molecular weight excluding hydrogens is 404 g/mol. The van der Waals surface area contributed by atoms with Gasteiger partial charge >= 0.3 is 0 Å². The van der Waals surface area contributed by atoms with E-state index in [0.29, 0.717) is 28.2 Å². The van der Waals surface area contributed by atoms with Crippen molar-refractivity contribution in [2.24, 2.45) is 7.05 Å². The highest BCUT2D eigenvalue weighted by Gasteiger charge is 2.18. The number of aryl methyl sites for hydroxylation is 2. The molecule has 29 heavy (non-hydrogen) atoms. The molecule has 0 fully saturated rings. The summed E-state index contributed by atoms with van der Waals surface area (Å²) >= 11 is 5.79. The van der Waals surface area contributed by atoms with E-state index in [9.17, 15) is 13.6 Å². The van der Waals surface area contributed by atoms with E-state index < -0.39 is 6.43 Å². The highest BCUT2D eigenvalue weighted by Crippen LogP contribution is 2.37. The van der Waals surface area contributed by atoms with Crippen molar-refractivity contribution in [1.29, 1.82) is 0 Å². The molecule has 2 aromatic heterocycles. The van der Waals surface area contributed by atoms with E-state index in [4.69, 9.17) is 21.4 Å². The van der Waals surface area contributed by atoms with Crippen molar-refractivity contribution < 1.29 is 18.6 Å². The number of hydrogen-bond donors (Lipinski definition) is 1. The minimum Gasteiger partial charge on any atom is -0.491 e. The Labute approximate surface area is 170 Å². The highest BCUT2D eigenvalue weighted by atomic mass is 35.5. The number of aromatic nitrogens is 2. The van der Waals surface area contributed by atoms with Crippen LogP contribution in [0.3, 0.4) is 0 Å². The third-order valence-electron chi connectivity index (χ3n) is 4.67. The van der Waals surface area contributed by atoms with Crippen molar-refractivity contribution >= 4 is 33.9 Å². The minimum absolute atomic E-state index is 0.0759. The van der Waals surface area contributed by atoms with E-state index in [1.807, 2.05) is 0 Å². The van der Waals surface area contributed by atoms with Crippen LogP contribution in [0.1, 0.15) is 17.6 Å². The summed E-state index contributed by atoms with van der Waals surface area (Å²) in [5.41, 5.74) is 1.65. The second-order valence-corrected chi connectivity index (χ2v) is 6.93. The Morgan fingerprint density at radius 2 is 2.03 bits per heavy atom. The van der Waals surface area contributed by atoms with Gasteiger partial charge in [0.05, 0.1) is 35.3 Å². The van der Waals surface area contributed by atoms with E-state index in [-0.39, 0.29) is 29.5 Å². The lowest BCUT2D eigenvalue weighted by Crippen LogP contribution is -2.20. The molecule has 0 aliphatic heterocycles. The van der Waals surface area contributed by atoms with Crippen LogP contribution in [0.25, 0.3) is 10.9 Å². The normalized spacial score (nSPS) is 11.3. The summed E-state index contributed by atoms with van der Waals surface area (Å²) in [6.45, 7) is 1.61. The van der Waals surface area contributed by atoms with Crippen molar-refractivity contribution in [1.82, 2.24) is 9.55 Å². The van der Waals surface area contributed by atoms with Crippen LogP contribution in [0.4, 0.5) is 20.2 Å². The molecule has 0 saturated carbocycles. The molecule has 0 spiro atoms. The van der Waals surface area contributed by atoms with Crippen molar-refractivity contribution in [3.8, 4) is 5.75 Å². The third kappa shape index (κ3) is 4.04. The number of aliphatic hydroxyl groups excluding tert-OH is 1. The second kappa shape index (κ2) is 8.34. The van der Waals surface area contributed by atoms with Gasteiger partial charge in [-0.15, -0.1) is 0 Å². The first kappa shape index (κ1) is 21.0. The number of pyridine rings is 2. The Morgan fingerprint density at radius 1 is 1.31 bits per heavy atom. The fourth-order valence-electron chi connectivity index (χ4n) is 3.13. The summed E-state index contributed by atoms with van der Waals surface area (Å²) in [6, 6.07) is 6.45. The van der Waals surface area contributed by atoms with Crippen LogP contribution in [0.5, 0.6) is 5.75 Å². The number of anilines is 2. The molecule has 0 unspecified atom stereocenters.